The predicted molar refractivity (Wildman–Crippen MR) is 98.1 cm³/mol. The first kappa shape index (κ1) is 17.7. The molecule has 0 radical (unpaired) electrons. The van der Waals surface area contributed by atoms with Gasteiger partial charge in [0.05, 0.1) is 18.4 Å². The number of aryl methyl sites for hydroxylation is 1. The standard InChI is InChI=1S/C17H20FN7O/c1-11-4-13(2-3-21-11)24-14-7-22-15(5-12(14)6-19)25-16(26)23-10-17(18)8-20-9-17/h2-7,19-20H,8-10H2,1H3,(H,21,24)(H2,22,23,25,26). The van der Waals surface area contributed by atoms with Crippen LogP contribution in [0.3, 0.4) is 0 Å². The van der Waals surface area contributed by atoms with E-state index < -0.39 is 11.7 Å². The van der Waals surface area contributed by atoms with Crippen molar-refractivity contribution in [2.45, 2.75) is 12.6 Å². The lowest BCUT2D eigenvalue weighted by molar-refractivity contribution is 0.0926. The zero-order valence-electron chi connectivity index (χ0n) is 14.3. The van der Waals surface area contributed by atoms with Crippen LogP contribution in [0.2, 0.25) is 0 Å². The highest BCUT2D eigenvalue weighted by Crippen LogP contribution is 2.21. The molecule has 2 aromatic heterocycles. The number of urea groups is 1. The van der Waals surface area contributed by atoms with Gasteiger partial charge in [-0.05, 0) is 25.1 Å². The van der Waals surface area contributed by atoms with Crippen LogP contribution in [0.1, 0.15) is 11.3 Å². The minimum Gasteiger partial charge on any atom is -0.354 e. The molecule has 2 amide bonds. The molecule has 3 rings (SSSR count). The highest BCUT2D eigenvalue weighted by atomic mass is 19.1. The van der Waals surface area contributed by atoms with Crippen LogP contribution < -0.4 is 21.3 Å². The molecule has 0 saturated carbocycles. The molecule has 1 aliphatic heterocycles. The van der Waals surface area contributed by atoms with Crippen LogP contribution in [0.4, 0.5) is 26.4 Å². The highest BCUT2D eigenvalue weighted by molar-refractivity contribution is 5.92. The second-order valence-corrected chi connectivity index (χ2v) is 6.17. The van der Waals surface area contributed by atoms with E-state index in [1.807, 2.05) is 19.1 Å². The number of halogens is 1. The largest absolute Gasteiger partial charge is 0.354 e. The third-order valence-corrected chi connectivity index (χ3v) is 3.96. The number of nitrogens with one attached hydrogen (secondary N) is 5. The Kier molecular flexibility index (Phi) is 5.08. The molecule has 136 valence electrons. The van der Waals surface area contributed by atoms with Crippen LogP contribution in [0, 0.1) is 12.3 Å². The van der Waals surface area contributed by atoms with Crippen molar-refractivity contribution >= 4 is 29.4 Å². The average molecular weight is 357 g/mol. The third kappa shape index (κ3) is 4.31. The molecule has 3 heterocycles. The molecule has 5 N–H and O–H groups in total. The summed E-state index contributed by atoms with van der Waals surface area (Å²) in [6.07, 6.45) is 4.38. The van der Waals surface area contributed by atoms with E-state index in [-0.39, 0.29) is 25.5 Å². The summed E-state index contributed by atoms with van der Waals surface area (Å²) in [6, 6.07) is 4.71. The quantitative estimate of drug-likeness (QED) is 0.507. The topological polar surface area (TPSA) is 115 Å². The molecule has 8 nitrogen and oxygen atoms in total. The summed E-state index contributed by atoms with van der Waals surface area (Å²) in [4.78, 5) is 20.2. The fourth-order valence-corrected chi connectivity index (χ4v) is 2.46. The Morgan fingerprint density at radius 2 is 2.23 bits per heavy atom. The highest BCUT2D eigenvalue weighted by Gasteiger charge is 2.37. The van der Waals surface area contributed by atoms with Crippen LogP contribution in [-0.2, 0) is 0 Å². The van der Waals surface area contributed by atoms with Crippen LogP contribution >= 0.6 is 0 Å². The van der Waals surface area contributed by atoms with E-state index >= 15 is 0 Å². The lowest BCUT2D eigenvalue weighted by Gasteiger charge is -2.34. The summed E-state index contributed by atoms with van der Waals surface area (Å²) in [6.45, 7) is 2.29. The summed E-state index contributed by atoms with van der Waals surface area (Å²) >= 11 is 0. The summed E-state index contributed by atoms with van der Waals surface area (Å²) in [5, 5.41) is 18.6. The average Bonchev–Trinajstić information content (AvgIpc) is 2.59. The first-order valence-corrected chi connectivity index (χ1v) is 8.12. The monoisotopic (exact) mass is 357 g/mol. The van der Waals surface area contributed by atoms with Crippen LogP contribution in [0.15, 0.2) is 30.6 Å². The fourth-order valence-electron chi connectivity index (χ4n) is 2.46. The minimum atomic E-state index is -1.39. The molecule has 0 aromatic carbocycles. The number of anilines is 3. The maximum Gasteiger partial charge on any atom is 0.320 e. The Balaban J connectivity index is 1.64. The smallest absolute Gasteiger partial charge is 0.320 e. The molecule has 1 aliphatic rings. The normalized spacial score (nSPS) is 14.8. The Bertz CT molecular complexity index is 823. The second kappa shape index (κ2) is 7.44. The maximum absolute atomic E-state index is 13.8. The van der Waals surface area contributed by atoms with Gasteiger partial charge < -0.3 is 21.4 Å². The van der Waals surface area contributed by atoms with Gasteiger partial charge in [0.2, 0.25) is 0 Å². The zero-order valence-corrected chi connectivity index (χ0v) is 14.3. The number of carbonyl (C=O) groups is 1. The summed E-state index contributed by atoms with van der Waals surface area (Å²) < 4.78 is 13.8. The van der Waals surface area contributed by atoms with Crippen LogP contribution in [0.5, 0.6) is 0 Å². The van der Waals surface area contributed by atoms with Crippen LogP contribution in [0.25, 0.3) is 0 Å². The Morgan fingerprint density at radius 3 is 2.88 bits per heavy atom. The molecule has 0 spiro atoms. The van der Waals surface area contributed by atoms with Crippen LogP contribution in [-0.4, -0.2) is 47.5 Å². The van der Waals surface area contributed by atoms with E-state index in [0.29, 0.717) is 11.3 Å². The first-order valence-electron chi connectivity index (χ1n) is 8.12. The second-order valence-electron chi connectivity index (χ2n) is 6.17. The Hall–Kier alpha value is -3.07. The summed E-state index contributed by atoms with van der Waals surface area (Å²) in [5.74, 6) is 0.275. The molecule has 0 unspecified atom stereocenters. The van der Waals surface area contributed by atoms with E-state index in [1.54, 1.807) is 12.3 Å². The van der Waals surface area contributed by atoms with Crippen molar-refractivity contribution in [2.24, 2.45) is 0 Å². The Labute approximate surface area is 150 Å². The van der Waals surface area contributed by atoms with Crippen molar-refractivity contribution in [1.29, 1.82) is 5.41 Å². The summed E-state index contributed by atoms with van der Waals surface area (Å²) in [5.41, 5.74) is 1.47. The molecule has 1 fully saturated rings. The van der Waals surface area contributed by atoms with E-state index in [1.165, 1.54) is 6.20 Å². The van der Waals surface area contributed by atoms with Gasteiger partial charge in [-0.15, -0.1) is 0 Å². The number of carbonyl (C=O) groups excluding carboxylic acids is 1. The lowest BCUT2D eigenvalue weighted by Crippen LogP contribution is -2.61. The minimum absolute atomic E-state index is 0.0652. The van der Waals surface area contributed by atoms with Crippen molar-refractivity contribution in [3.63, 3.8) is 0 Å². The molecule has 26 heavy (non-hydrogen) atoms. The maximum atomic E-state index is 13.8. The zero-order chi connectivity index (χ0) is 18.6. The van der Waals surface area contributed by atoms with Gasteiger partial charge in [0.1, 0.15) is 5.82 Å². The van der Waals surface area contributed by atoms with Gasteiger partial charge in [-0.1, -0.05) is 0 Å². The van der Waals surface area contributed by atoms with E-state index in [2.05, 4.69) is 31.2 Å². The van der Waals surface area contributed by atoms with Crippen molar-refractivity contribution in [1.82, 2.24) is 20.6 Å². The number of hydrogen-bond donors (Lipinski definition) is 5. The molecule has 0 atom stereocenters. The number of aromatic nitrogens is 2. The van der Waals surface area contributed by atoms with Gasteiger partial charge in [-0.2, -0.15) is 0 Å². The van der Waals surface area contributed by atoms with Gasteiger partial charge in [-0.25, -0.2) is 14.2 Å². The number of amides is 2. The third-order valence-electron chi connectivity index (χ3n) is 3.96. The SMILES string of the molecule is Cc1cc(Nc2cnc(NC(=O)NCC3(F)CNC3)cc2C=N)ccn1. The molecule has 1 saturated heterocycles. The number of pyridine rings is 2. The van der Waals surface area contributed by atoms with Crippen molar-refractivity contribution in [3.8, 4) is 0 Å². The molecular weight excluding hydrogens is 337 g/mol. The lowest BCUT2D eigenvalue weighted by atomic mass is 10.00. The number of rotatable bonds is 6. The molecular formula is C17H20FN7O. The van der Waals surface area contributed by atoms with E-state index in [9.17, 15) is 9.18 Å². The molecule has 0 aliphatic carbocycles. The number of alkyl halides is 1. The number of hydrogen-bond acceptors (Lipinski definition) is 6. The Morgan fingerprint density at radius 1 is 1.42 bits per heavy atom. The summed E-state index contributed by atoms with van der Waals surface area (Å²) in [7, 11) is 0. The van der Waals surface area contributed by atoms with Gasteiger partial charge in [0.25, 0.3) is 0 Å². The van der Waals surface area contributed by atoms with Gasteiger partial charge in [0, 0.05) is 42.4 Å². The molecule has 0 bridgehead atoms. The van der Waals surface area contributed by atoms with Gasteiger partial charge >= 0.3 is 6.03 Å². The fraction of sp³-hybridized carbons (Fsp3) is 0.294. The van der Waals surface area contributed by atoms with Crippen molar-refractivity contribution in [2.75, 3.05) is 30.3 Å². The van der Waals surface area contributed by atoms with E-state index in [4.69, 9.17) is 5.41 Å². The molecule has 2 aromatic rings. The predicted octanol–water partition coefficient (Wildman–Crippen LogP) is 1.96. The van der Waals surface area contributed by atoms with Crippen molar-refractivity contribution < 1.29 is 9.18 Å². The van der Waals surface area contributed by atoms with E-state index in [0.717, 1.165) is 17.6 Å². The van der Waals surface area contributed by atoms with Crippen molar-refractivity contribution in [3.05, 3.63) is 41.9 Å². The van der Waals surface area contributed by atoms with Gasteiger partial charge in [0.15, 0.2) is 5.67 Å². The number of nitrogens with zero attached hydrogens (tertiary/aromatic N) is 2. The molecule has 9 heteroatoms. The first-order chi connectivity index (χ1) is 12.5. The van der Waals surface area contributed by atoms with Gasteiger partial charge in [-0.3, -0.25) is 10.3 Å².